The van der Waals surface area contributed by atoms with Gasteiger partial charge in [-0.25, -0.2) is 24.9 Å². The lowest BCUT2D eigenvalue weighted by Gasteiger charge is -2.11. The maximum absolute atomic E-state index is 6.37. The van der Waals surface area contributed by atoms with Crippen LogP contribution < -0.4 is 0 Å². The SMILES string of the molecule is c1ccc(-c2nc(-c3ccc(-c4ccc5nc(-c6ccccn6)c(-c6ccccn6)nc5c4)cc3)nc(-c3cccc4c3oc3ccccc34)n2)cc1. The van der Waals surface area contributed by atoms with E-state index in [9.17, 15) is 0 Å². The summed E-state index contributed by atoms with van der Waals surface area (Å²) in [7, 11) is 0. The van der Waals surface area contributed by atoms with E-state index in [2.05, 4.69) is 46.4 Å². The van der Waals surface area contributed by atoms with Crippen LogP contribution in [-0.4, -0.2) is 34.9 Å². The van der Waals surface area contributed by atoms with Gasteiger partial charge in [0.05, 0.1) is 28.0 Å². The number of hydrogen-bond acceptors (Lipinski definition) is 8. The predicted octanol–water partition coefficient (Wildman–Crippen LogP) is 10.5. The number of aromatic nitrogens is 7. The fourth-order valence-electron chi connectivity index (χ4n) is 6.67. The first-order valence-electron chi connectivity index (χ1n) is 17.2. The highest BCUT2D eigenvalue weighted by atomic mass is 16.3. The summed E-state index contributed by atoms with van der Waals surface area (Å²) in [4.78, 5) is 34.2. The van der Waals surface area contributed by atoms with E-state index < -0.39 is 0 Å². The zero-order valence-electron chi connectivity index (χ0n) is 28.1. The van der Waals surface area contributed by atoms with Crippen molar-refractivity contribution < 1.29 is 4.42 Å². The number of para-hydroxylation sites is 2. The van der Waals surface area contributed by atoms with Gasteiger partial charge in [0.15, 0.2) is 17.5 Å². The Labute approximate surface area is 303 Å². The van der Waals surface area contributed by atoms with E-state index in [-0.39, 0.29) is 0 Å². The van der Waals surface area contributed by atoms with Crippen LogP contribution in [0.2, 0.25) is 0 Å². The number of fused-ring (bicyclic) bond motifs is 4. The Morgan fingerprint density at radius 3 is 1.68 bits per heavy atom. The highest BCUT2D eigenvalue weighted by Crippen LogP contribution is 2.36. The maximum Gasteiger partial charge on any atom is 0.167 e. The number of furan rings is 1. The summed E-state index contributed by atoms with van der Waals surface area (Å²) in [5.74, 6) is 1.70. The van der Waals surface area contributed by atoms with Crippen LogP contribution in [0.25, 0.3) is 101 Å². The third-order valence-electron chi connectivity index (χ3n) is 9.27. The normalized spacial score (nSPS) is 11.4. The molecular weight excluding hydrogens is 655 g/mol. The molecular formula is C45H27N7O. The lowest BCUT2D eigenvalue weighted by Crippen LogP contribution is -2.00. The third kappa shape index (κ3) is 5.55. The molecule has 5 aromatic heterocycles. The van der Waals surface area contributed by atoms with Gasteiger partial charge in [0.25, 0.3) is 0 Å². The minimum Gasteiger partial charge on any atom is -0.455 e. The molecule has 0 amide bonds. The number of nitrogens with zero attached hydrogens (tertiary/aromatic N) is 7. The van der Waals surface area contributed by atoms with Crippen molar-refractivity contribution in [1.82, 2.24) is 34.9 Å². The molecule has 8 nitrogen and oxygen atoms in total. The van der Waals surface area contributed by atoms with E-state index in [0.29, 0.717) is 28.9 Å². The number of rotatable bonds is 6. The molecule has 0 N–H and O–H groups in total. The molecule has 0 spiro atoms. The average molecular weight is 682 g/mol. The fourth-order valence-corrected chi connectivity index (χ4v) is 6.67. The molecule has 0 aliphatic rings. The highest BCUT2D eigenvalue weighted by Gasteiger charge is 2.19. The van der Waals surface area contributed by atoms with Crippen molar-refractivity contribution in [3.05, 3.63) is 164 Å². The van der Waals surface area contributed by atoms with E-state index in [1.165, 1.54) is 0 Å². The smallest absolute Gasteiger partial charge is 0.167 e. The molecule has 53 heavy (non-hydrogen) atoms. The van der Waals surface area contributed by atoms with Gasteiger partial charge in [0.2, 0.25) is 0 Å². The molecule has 10 rings (SSSR count). The molecule has 0 bridgehead atoms. The van der Waals surface area contributed by atoms with Crippen LogP contribution in [0.4, 0.5) is 0 Å². The van der Waals surface area contributed by atoms with Gasteiger partial charge in [-0.2, -0.15) is 0 Å². The summed E-state index contributed by atoms with van der Waals surface area (Å²) >= 11 is 0. The Bertz CT molecular complexity index is 2930. The van der Waals surface area contributed by atoms with E-state index >= 15 is 0 Å². The van der Waals surface area contributed by atoms with Gasteiger partial charge in [-0.15, -0.1) is 0 Å². The summed E-state index contributed by atoms with van der Waals surface area (Å²) < 4.78 is 6.37. The molecule has 0 aliphatic heterocycles. The number of benzene rings is 5. The molecule has 10 aromatic rings. The topological polar surface area (TPSA) is 103 Å². The molecule has 0 aliphatic carbocycles. The maximum atomic E-state index is 6.37. The van der Waals surface area contributed by atoms with Crippen molar-refractivity contribution in [2.45, 2.75) is 0 Å². The zero-order chi connectivity index (χ0) is 35.1. The van der Waals surface area contributed by atoms with Crippen molar-refractivity contribution in [3.8, 4) is 68.1 Å². The molecule has 0 atom stereocenters. The first-order valence-corrected chi connectivity index (χ1v) is 17.2. The van der Waals surface area contributed by atoms with Gasteiger partial charge < -0.3 is 4.42 Å². The molecule has 5 heterocycles. The highest BCUT2D eigenvalue weighted by molar-refractivity contribution is 6.09. The molecule has 0 unspecified atom stereocenters. The number of hydrogen-bond donors (Lipinski definition) is 0. The largest absolute Gasteiger partial charge is 0.455 e. The van der Waals surface area contributed by atoms with Crippen molar-refractivity contribution in [3.63, 3.8) is 0 Å². The van der Waals surface area contributed by atoms with Gasteiger partial charge in [-0.05, 0) is 59.7 Å². The lowest BCUT2D eigenvalue weighted by atomic mass is 10.0. The summed E-state index contributed by atoms with van der Waals surface area (Å²) in [5, 5.41) is 2.07. The van der Waals surface area contributed by atoms with Crippen molar-refractivity contribution in [2.75, 3.05) is 0 Å². The van der Waals surface area contributed by atoms with Gasteiger partial charge in [0, 0.05) is 34.3 Å². The summed E-state index contributed by atoms with van der Waals surface area (Å²) in [6.07, 6.45) is 3.52. The number of pyridine rings is 2. The van der Waals surface area contributed by atoms with E-state index in [4.69, 9.17) is 29.3 Å². The Kier molecular flexibility index (Phi) is 7.28. The van der Waals surface area contributed by atoms with Crippen molar-refractivity contribution in [1.29, 1.82) is 0 Å². The van der Waals surface area contributed by atoms with Crippen LogP contribution in [0, 0.1) is 0 Å². The molecule has 5 aromatic carbocycles. The van der Waals surface area contributed by atoms with Crippen LogP contribution in [0.1, 0.15) is 0 Å². The Morgan fingerprint density at radius 1 is 0.377 bits per heavy atom. The van der Waals surface area contributed by atoms with Crippen LogP contribution in [-0.2, 0) is 0 Å². The second-order valence-corrected chi connectivity index (χ2v) is 12.6. The minimum atomic E-state index is 0.546. The van der Waals surface area contributed by atoms with Gasteiger partial charge in [-0.3, -0.25) is 9.97 Å². The monoisotopic (exact) mass is 681 g/mol. The Balaban J connectivity index is 1.06. The Hall–Kier alpha value is -7.45. The first kappa shape index (κ1) is 30.4. The third-order valence-corrected chi connectivity index (χ3v) is 9.27. The average Bonchev–Trinajstić information content (AvgIpc) is 3.63. The summed E-state index contributed by atoms with van der Waals surface area (Å²) in [6, 6.07) is 50.1. The van der Waals surface area contributed by atoms with Gasteiger partial charge in [-0.1, -0.05) is 103 Å². The second kappa shape index (κ2) is 12.7. The molecule has 0 fully saturated rings. The van der Waals surface area contributed by atoms with Crippen LogP contribution in [0.15, 0.2) is 168 Å². The van der Waals surface area contributed by atoms with Crippen LogP contribution >= 0.6 is 0 Å². The van der Waals surface area contributed by atoms with Gasteiger partial charge >= 0.3 is 0 Å². The van der Waals surface area contributed by atoms with E-state index in [0.717, 1.165) is 72.2 Å². The molecule has 0 radical (unpaired) electrons. The molecule has 0 saturated carbocycles. The van der Waals surface area contributed by atoms with Crippen LogP contribution in [0.3, 0.4) is 0 Å². The molecule has 248 valence electrons. The standard InChI is InChI=1S/C45H27N7O/c1-2-11-29(12-3-1)43-50-44(52-45(51-43)34-15-10-14-33-32-13-4-5-18-39(32)53-42(33)34)30-21-19-28(20-22-30)31-23-24-35-38(27-31)49-41(37-17-7-9-26-47-37)40(48-35)36-16-6-8-25-46-36/h1-27H. The van der Waals surface area contributed by atoms with Crippen molar-refractivity contribution in [2.24, 2.45) is 0 Å². The predicted molar refractivity (Wildman–Crippen MR) is 208 cm³/mol. The summed E-state index contributed by atoms with van der Waals surface area (Å²) in [5.41, 5.74) is 10.6. The van der Waals surface area contributed by atoms with E-state index in [1.54, 1.807) is 12.4 Å². The molecule has 0 saturated heterocycles. The van der Waals surface area contributed by atoms with Crippen LogP contribution in [0.5, 0.6) is 0 Å². The minimum absolute atomic E-state index is 0.546. The zero-order valence-corrected chi connectivity index (χ0v) is 28.1. The Morgan fingerprint density at radius 2 is 0.962 bits per heavy atom. The quantitative estimate of drug-likeness (QED) is 0.171. The molecule has 8 heteroatoms. The second-order valence-electron chi connectivity index (χ2n) is 12.6. The van der Waals surface area contributed by atoms with E-state index in [1.807, 2.05) is 115 Å². The first-order chi connectivity index (χ1) is 26.2. The summed E-state index contributed by atoms with van der Waals surface area (Å²) in [6.45, 7) is 0. The van der Waals surface area contributed by atoms with Crippen molar-refractivity contribution >= 4 is 33.0 Å². The fraction of sp³-hybridized carbons (Fsp3) is 0. The van der Waals surface area contributed by atoms with Gasteiger partial charge in [0.1, 0.15) is 22.6 Å². The lowest BCUT2D eigenvalue weighted by molar-refractivity contribution is 0.669.